The van der Waals surface area contributed by atoms with Gasteiger partial charge in [0, 0.05) is 29.5 Å². The van der Waals surface area contributed by atoms with Gasteiger partial charge < -0.3 is 14.8 Å². The van der Waals surface area contributed by atoms with E-state index < -0.39 is 0 Å². The molecule has 0 aliphatic carbocycles. The van der Waals surface area contributed by atoms with E-state index in [1.807, 2.05) is 6.07 Å². The molecule has 0 aromatic carbocycles. The number of hydrogen-bond donors (Lipinski definition) is 1. The van der Waals surface area contributed by atoms with Crippen LogP contribution in [0.5, 0.6) is 0 Å². The average Bonchev–Trinajstić information content (AvgIpc) is 2.87. The Kier molecular flexibility index (Phi) is 5.82. The quantitative estimate of drug-likeness (QED) is 0.811. The molecule has 1 unspecified atom stereocenters. The van der Waals surface area contributed by atoms with Gasteiger partial charge in [-0.1, -0.05) is 0 Å². The van der Waals surface area contributed by atoms with Gasteiger partial charge in [-0.05, 0) is 30.9 Å². The van der Waals surface area contributed by atoms with E-state index in [0.717, 1.165) is 31.2 Å². The SMILES string of the molecule is COC(=O)Cc1ccc(CNCC2CCCOC2)s1. The van der Waals surface area contributed by atoms with Crippen LogP contribution in [0.25, 0.3) is 0 Å². The van der Waals surface area contributed by atoms with Crippen molar-refractivity contribution in [2.24, 2.45) is 5.92 Å². The second kappa shape index (κ2) is 7.62. The molecule has 106 valence electrons. The molecule has 1 aliphatic heterocycles. The summed E-state index contributed by atoms with van der Waals surface area (Å²) in [5.74, 6) is 0.462. The lowest BCUT2D eigenvalue weighted by atomic mass is 10.0. The molecule has 1 atom stereocenters. The van der Waals surface area contributed by atoms with Crippen molar-refractivity contribution < 1.29 is 14.3 Å². The Morgan fingerprint density at radius 2 is 2.37 bits per heavy atom. The minimum atomic E-state index is -0.180. The van der Waals surface area contributed by atoms with Gasteiger partial charge in [0.15, 0.2) is 0 Å². The molecule has 19 heavy (non-hydrogen) atoms. The second-order valence-electron chi connectivity index (χ2n) is 4.84. The third-order valence-electron chi connectivity index (χ3n) is 3.25. The van der Waals surface area contributed by atoms with E-state index in [2.05, 4.69) is 16.1 Å². The molecule has 1 aliphatic rings. The van der Waals surface area contributed by atoms with E-state index in [9.17, 15) is 4.79 Å². The fraction of sp³-hybridized carbons (Fsp3) is 0.643. The first-order chi connectivity index (χ1) is 9.28. The summed E-state index contributed by atoms with van der Waals surface area (Å²) in [5.41, 5.74) is 0. The average molecular weight is 283 g/mol. The number of rotatable bonds is 6. The first-order valence-corrected chi connectivity index (χ1v) is 7.52. The largest absolute Gasteiger partial charge is 0.469 e. The number of hydrogen-bond acceptors (Lipinski definition) is 5. The number of carbonyl (C=O) groups excluding carboxylic acids is 1. The van der Waals surface area contributed by atoms with Crippen molar-refractivity contribution in [1.82, 2.24) is 5.32 Å². The van der Waals surface area contributed by atoms with E-state index in [1.54, 1.807) is 11.3 Å². The van der Waals surface area contributed by atoms with Gasteiger partial charge >= 0.3 is 5.97 Å². The standard InChI is InChI=1S/C14H21NO3S/c1-17-14(16)7-12-4-5-13(19-12)9-15-8-11-3-2-6-18-10-11/h4-5,11,15H,2-3,6-10H2,1H3. The topological polar surface area (TPSA) is 47.6 Å². The van der Waals surface area contributed by atoms with Gasteiger partial charge in [-0.2, -0.15) is 0 Å². The summed E-state index contributed by atoms with van der Waals surface area (Å²) >= 11 is 1.67. The summed E-state index contributed by atoms with van der Waals surface area (Å²) in [6.45, 7) is 3.66. The summed E-state index contributed by atoms with van der Waals surface area (Å²) in [6, 6.07) is 4.08. The van der Waals surface area contributed by atoms with Gasteiger partial charge in [-0.15, -0.1) is 11.3 Å². The van der Waals surface area contributed by atoms with Crippen molar-refractivity contribution in [3.63, 3.8) is 0 Å². The number of methoxy groups -OCH3 is 1. The van der Waals surface area contributed by atoms with Crippen molar-refractivity contribution in [3.05, 3.63) is 21.9 Å². The monoisotopic (exact) mass is 283 g/mol. The van der Waals surface area contributed by atoms with Crippen LogP contribution in [0.2, 0.25) is 0 Å². The van der Waals surface area contributed by atoms with E-state index in [1.165, 1.54) is 24.8 Å². The summed E-state index contributed by atoms with van der Waals surface area (Å²) in [6.07, 6.45) is 2.80. The zero-order chi connectivity index (χ0) is 13.5. The van der Waals surface area contributed by atoms with Crippen LogP contribution < -0.4 is 5.32 Å². The highest BCUT2D eigenvalue weighted by Crippen LogP contribution is 2.18. The van der Waals surface area contributed by atoms with Crippen LogP contribution >= 0.6 is 11.3 Å². The van der Waals surface area contributed by atoms with Crippen LogP contribution in [0.15, 0.2) is 12.1 Å². The predicted molar refractivity (Wildman–Crippen MR) is 75.3 cm³/mol. The molecule has 0 saturated carbocycles. The molecule has 1 saturated heterocycles. The number of nitrogens with one attached hydrogen (secondary N) is 1. The maximum absolute atomic E-state index is 11.2. The lowest BCUT2D eigenvalue weighted by Gasteiger charge is -2.22. The lowest BCUT2D eigenvalue weighted by Crippen LogP contribution is -2.28. The maximum atomic E-state index is 11.2. The molecule has 0 spiro atoms. The molecule has 5 heteroatoms. The molecule has 1 fully saturated rings. The van der Waals surface area contributed by atoms with Gasteiger partial charge in [0.05, 0.1) is 20.1 Å². The summed E-state index contributed by atoms with van der Waals surface area (Å²) in [7, 11) is 1.42. The first-order valence-electron chi connectivity index (χ1n) is 6.71. The minimum absolute atomic E-state index is 0.180. The van der Waals surface area contributed by atoms with Gasteiger partial charge in [-0.25, -0.2) is 0 Å². The Balaban J connectivity index is 1.69. The van der Waals surface area contributed by atoms with Gasteiger partial charge in [0.2, 0.25) is 0 Å². The van der Waals surface area contributed by atoms with E-state index in [-0.39, 0.29) is 5.97 Å². The van der Waals surface area contributed by atoms with Crippen LogP contribution in [0.3, 0.4) is 0 Å². The fourth-order valence-electron chi connectivity index (χ4n) is 2.19. The number of ether oxygens (including phenoxy) is 2. The molecule has 1 aromatic rings. The van der Waals surface area contributed by atoms with Crippen molar-refractivity contribution in [2.45, 2.75) is 25.8 Å². The molecule has 0 radical (unpaired) electrons. The molecule has 2 rings (SSSR count). The third kappa shape index (κ3) is 4.93. The predicted octanol–water partition coefficient (Wildman–Crippen LogP) is 1.98. The summed E-state index contributed by atoms with van der Waals surface area (Å²) < 4.78 is 10.1. The van der Waals surface area contributed by atoms with Crippen molar-refractivity contribution in [3.8, 4) is 0 Å². The molecule has 1 N–H and O–H groups in total. The highest BCUT2D eigenvalue weighted by molar-refractivity contribution is 7.12. The smallest absolute Gasteiger partial charge is 0.310 e. The van der Waals surface area contributed by atoms with Crippen LogP contribution in [0.4, 0.5) is 0 Å². The van der Waals surface area contributed by atoms with Crippen molar-refractivity contribution in [2.75, 3.05) is 26.9 Å². The Morgan fingerprint density at radius 1 is 1.53 bits per heavy atom. The van der Waals surface area contributed by atoms with Crippen LogP contribution in [0.1, 0.15) is 22.6 Å². The number of carbonyl (C=O) groups is 1. The Morgan fingerprint density at radius 3 is 3.11 bits per heavy atom. The van der Waals surface area contributed by atoms with Crippen LogP contribution in [0, 0.1) is 5.92 Å². The highest BCUT2D eigenvalue weighted by atomic mass is 32.1. The number of esters is 1. The van der Waals surface area contributed by atoms with E-state index >= 15 is 0 Å². The third-order valence-corrected chi connectivity index (χ3v) is 4.34. The van der Waals surface area contributed by atoms with Gasteiger partial charge in [0.25, 0.3) is 0 Å². The Hall–Kier alpha value is -0.910. The Labute approximate surface area is 118 Å². The van der Waals surface area contributed by atoms with Crippen LogP contribution in [-0.2, 0) is 27.2 Å². The lowest BCUT2D eigenvalue weighted by molar-refractivity contribution is -0.139. The minimum Gasteiger partial charge on any atom is -0.469 e. The molecule has 2 heterocycles. The van der Waals surface area contributed by atoms with Gasteiger partial charge in [-0.3, -0.25) is 4.79 Å². The van der Waals surface area contributed by atoms with Crippen LogP contribution in [-0.4, -0.2) is 32.8 Å². The summed E-state index contributed by atoms with van der Waals surface area (Å²) in [5, 5.41) is 3.47. The zero-order valence-corrected chi connectivity index (χ0v) is 12.1. The fourth-order valence-corrected chi connectivity index (χ4v) is 3.17. The normalized spacial score (nSPS) is 19.3. The summed E-state index contributed by atoms with van der Waals surface area (Å²) in [4.78, 5) is 13.5. The molecule has 1 aromatic heterocycles. The zero-order valence-electron chi connectivity index (χ0n) is 11.3. The second-order valence-corrected chi connectivity index (χ2v) is 6.09. The van der Waals surface area contributed by atoms with E-state index in [4.69, 9.17) is 4.74 Å². The maximum Gasteiger partial charge on any atom is 0.310 e. The molecule has 4 nitrogen and oxygen atoms in total. The van der Waals surface area contributed by atoms with Crippen molar-refractivity contribution >= 4 is 17.3 Å². The van der Waals surface area contributed by atoms with Gasteiger partial charge in [0.1, 0.15) is 0 Å². The van der Waals surface area contributed by atoms with Crippen molar-refractivity contribution in [1.29, 1.82) is 0 Å². The first kappa shape index (κ1) is 14.5. The number of thiophene rings is 1. The molecule has 0 amide bonds. The molecular formula is C14H21NO3S. The molecule has 0 bridgehead atoms. The van der Waals surface area contributed by atoms with E-state index in [0.29, 0.717) is 12.3 Å². The highest BCUT2D eigenvalue weighted by Gasteiger charge is 2.13. The Bertz CT molecular complexity index is 399. The molecular weight excluding hydrogens is 262 g/mol.